The van der Waals surface area contributed by atoms with Crippen LogP contribution in [0.4, 0.5) is 0 Å². The molecule has 188 valence electrons. The average molecular weight is 449 g/mol. The Hall–Kier alpha value is -1.05. The molecule has 0 unspecified atom stereocenters. The van der Waals surface area contributed by atoms with Gasteiger partial charge in [0.15, 0.2) is 0 Å². The molecule has 0 aromatic carbocycles. The zero-order valence-corrected chi connectivity index (χ0v) is 21.6. The Balaban J connectivity index is 3.14. The molecular weight excluding hydrogens is 392 g/mol. The van der Waals surface area contributed by atoms with E-state index in [1.807, 2.05) is 0 Å². The third-order valence-corrected chi connectivity index (χ3v) is 6.34. The van der Waals surface area contributed by atoms with Gasteiger partial charge in [0, 0.05) is 6.42 Å². The molecule has 2 heteroatoms. The van der Waals surface area contributed by atoms with Gasteiger partial charge in [-0.05, 0) is 38.5 Å². The molecule has 0 aliphatic rings. The van der Waals surface area contributed by atoms with E-state index in [9.17, 15) is 4.79 Å². The number of allylic oxidation sites excluding steroid dienone is 4. The molecule has 0 rings (SSSR count). The van der Waals surface area contributed by atoms with Crippen LogP contribution in [0.2, 0.25) is 0 Å². The van der Waals surface area contributed by atoms with Gasteiger partial charge in [-0.1, -0.05) is 140 Å². The molecule has 0 aromatic rings. The lowest BCUT2D eigenvalue weighted by Crippen LogP contribution is -1.93. The highest BCUT2D eigenvalue weighted by molar-refractivity contribution is 5.66. The van der Waals surface area contributed by atoms with Crippen molar-refractivity contribution in [2.75, 3.05) is 0 Å². The van der Waals surface area contributed by atoms with E-state index in [-0.39, 0.29) is 0 Å². The lowest BCUT2D eigenvalue weighted by molar-refractivity contribution is -0.137. The van der Waals surface area contributed by atoms with E-state index in [0.29, 0.717) is 6.42 Å². The SMILES string of the molecule is CCCCCCCCC=CCC=CCCCCCCCCCCCCCCCCC(=O)O. The fourth-order valence-electron chi connectivity index (χ4n) is 4.21. The van der Waals surface area contributed by atoms with Crippen molar-refractivity contribution in [2.45, 2.75) is 161 Å². The minimum atomic E-state index is -0.654. The van der Waals surface area contributed by atoms with Gasteiger partial charge < -0.3 is 5.11 Å². The summed E-state index contributed by atoms with van der Waals surface area (Å²) in [5.41, 5.74) is 0. The second-order valence-corrected chi connectivity index (χ2v) is 9.62. The molecule has 0 saturated carbocycles. The quantitative estimate of drug-likeness (QED) is 0.105. The van der Waals surface area contributed by atoms with Crippen LogP contribution >= 0.6 is 0 Å². The number of aliphatic carboxylic acids is 1. The fraction of sp³-hybridized carbons (Fsp3) is 0.833. The molecule has 32 heavy (non-hydrogen) atoms. The number of unbranched alkanes of at least 4 members (excludes halogenated alkanes) is 20. The zero-order chi connectivity index (χ0) is 23.4. The number of hydrogen-bond acceptors (Lipinski definition) is 1. The van der Waals surface area contributed by atoms with E-state index in [2.05, 4.69) is 31.2 Å². The number of carboxylic acid groups (broad SMARTS) is 1. The van der Waals surface area contributed by atoms with E-state index >= 15 is 0 Å². The van der Waals surface area contributed by atoms with Gasteiger partial charge in [0.25, 0.3) is 0 Å². The van der Waals surface area contributed by atoms with Crippen LogP contribution in [0.1, 0.15) is 161 Å². The summed E-state index contributed by atoms with van der Waals surface area (Å²) in [5, 5.41) is 8.60. The normalized spacial score (nSPS) is 11.8. The van der Waals surface area contributed by atoms with Crippen molar-refractivity contribution in [3.05, 3.63) is 24.3 Å². The van der Waals surface area contributed by atoms with Gasteiger partial charge in [0.2, 0.25) is 0 Å². The van der Waals surface area contributed by atoms with Crippen molar-refractivity contribution in [1.82, 2.24) is 0 Å². The number of rotatable bonds is 26. The molecule has 0 atom stereocenters. The topological polar surface area (TPSA) is 37.3 Å². The van der Waals surface area contributed by atoms with Crippen molar-refractivity contribution in [3.63, 3.8) is 0 Å². The second-order valence-electron chi connectivity index (χ2n) is 9.62. The molecule has 0 bridgehead atoms. The maximum Gasteiger partial charge on any atom is 0.303 e. The molecule has 0 aliphatic heterocycles. The van der Waals surface area contributed by atoms with Crippen LogP contribution in [-0.2, 0) is 4.79 Å². The molecular formula is C30H56O2. The third-order valence-electron chi connectivity index (χ3n) is 6.34. The first-order valence-corrected chi connectivity index (χ1v) is 14.3. The van der Waals surface area contributed by atoms with E-state index in [4.69, 9.17) is 5.11 Å². The monoisotopic (exact) mass is 448 g/mol. The first-order valence-electron chi connectivity index (χ1n) is 14.3. The predicted molar refractivity (Wildman–Crippen MR) is 142 cm³/mol. The summed E-state index contributed by atoms with van der Waals surface area (Å²) in [6.07, 6.45) is 40.0. The lowest BCUT2D eigenvalue weighted by Gasteiger charge is -2.03. The molecule has 0 amide bonds. The van der Waals surface area contributed by atoms with E-state index in [0.717, 1.165) is 19.3 Å². The molecule has 1 N–H and O–H groups in total. The van der Waals surface area contributed by atoms with Gasteiger partial charge in [-0.3, -0.25) is 4.79 Å². The first kappa shape index (κ1) is 30.9. The molecule has 0 spiro atoms. The van der Waals surface area contributed by atoms with Crippen molar-refractivity contribution >= 4 is 5.97 Å². The first-order chi connectivity index (χ1) is 15.8. The number of carboxylic acids is 1. The Kier molecular flexibility index (Phi) is 27.1. The summed E-state index contributed by atoms with van der Waals surface area (Å²) < 4.78 is 0. The van der Waals surface area contributed by atoms with Crippen LogP contribution in [0.25, 0.3) is 0 Å². The van der Waals surface area contributed by atoms with Crippen molar-refractivity contribution in [3.8, 4) is 0 Å². The average Bonchev–Trinajstić information content (AvgIpc) is 2.78. The van der Waals surface area contributed by atoms with Crippen LogP contribution in [0.3, 0.4) is 0 Å². The summed E-state index contributed by atoms with van der Waals surface area (Å²) in [6, 6.07) is 0. The maximum atomic E-state index is 10.4. The number of carbonyl (C=O) groups is 1. The van der Waals surface area contributed by atoms with E-state index in [1.165, 1.54) is 128 Å². The zero-order valence-electron chi connectivity index (χ0n) is 21.6. The van der Waals surface area contributed by atoms with Crippen LogP contribution < -0.4 is 0 Å². The number of hydrogen-bond donors (Lipinski definition) is 1. The Morgan fingerprint density at radius 1 is 0.500 bits per heavy atom. The minimum Gasteiger partial charge on any atom is -0.481 e. The maximum absolute atomic E-state index is 10.4. The Morgan fingerprint density at radius 3 is 1.22 bits per heavy atom. The van der Waals surface area contributed by atoms with Gasteiger partial charge in [0.05, 0.1) is 0 Å². The van der Waals surface area contributed by atoms with Crippen molar-refractivity contribution < 1.29 is 9.90 Å². The van der Waals surface area contributed by atoms with Crippen molar-refractivity contribution in [1.29, 1.82) is 0 Å². The van der Waals surface area contributed by atoms with E-state index in [1.54, 1.807) is 0 Å². The Labute approximate surface area is 201 Å². The van der Waals surface area contributed by atoms with Gasteiger partial charge >= 0.3 is 5.97 Å². The molecule has 0 aromatic heterocycles. The van der Waals surface area contributed by atoms with Gasteiger partial charge in [-0.2, -0.15) is 0 Å². The van der Waals surface area contributed by atoms with Gasteiger partial charge in [-0.15, -0.1) is 0 Å². The molecule has 0 heterocycles. The summed E-state index contributed by atoms with van der Waals surface area (Å²) >= 11 is 0. The van der Waals surface area contributed by atoms with Crippen LogP contribution in [0.5, 0.6) is 0 Å². The smallest absolute Gasteiger partial charge is 0.303 e. The summed E-state index contributed by atoms with van der Waals surface area (Å²) in [7, 11) is 0. The minimum absolute atomic E-state index is 0.341. The standard InChI is InChI=1S/C30H56O2/c1-2-3-4-5-6-7-8-9-10-11-12-13-14-15-16-17-18-19-20-21-22-23-24-25-26-27-28-29-30(31)32/h9-10,12-13H,2-8,11,14-29H2,1H3,(H,31,32). The highest BCUT2D eigenvalue weighted by atomic mass is 16.4. The van der Waals surface area contributed by atoms with Crippen LogP contribution in [-0.4, -0.2) is 11.1 Å². The predicted octanol–water partition coefficient (Wildman–Crippen LogP) is 10.6. The van der Waals surface area contributed by atoms with E-state index < -0.39 is 5.97 Å². The summed E-state index contributed by atoms with van der Waals surface area (Å²) in [6.45, 7) is 2.28. The Morgan fingerprint density at radius 2 is 0.844 bits per heavy atom. The third kappa shape index (κ3) is 28.9. The lowest BCUT2D eigenvalue weighted by atomic mass is 10.0. The van der Waals surface area contributed by atoms with Crippen LogP contribution in [0.15, 0.2) is 24.3 Å². The highest BCUT2D eigenvalue weighted by Gasteiger charge is 1.97. The molecule has 0 saturated heterocycles. The molecule has 0 fully saturated rings. The molecule has 0 aliphatic carbocycles. The highest BCUT2D eigenvalue weighted by Crippen LogP contribution is 2.14. The Bertz CT molecular complexity index is 425. The van der Waals surface area contributed by atoms with Gasteiger partial charge in [0.1, 0.15) is 0 Å². The molecule has 2 nitrogen and oxygen atoms in total. The summed E-state index contributed by atoms with van der Waals surface area (Å²) in [4.78, 5) is 10.4. The largest absolute Gasteiger partial charge is 0.481 e. The fourth-order valence-corrected chi connectivity index (χ4v) is 4.21. The summed E-state index contributed by atoms with van der Waals surface area (Å²) in [5.74, 6) is -0.654. The van der Waals surface area contributed by atoms with Gasteiger partial charge in [-0.25, -0.2) is 0 Å². The molecule has 0 radical (unpaired) electrons. The van der Waals surface area contributed by atoms with Crippen LogP contribution in [0, 0.1) is 0 Å². The van der Waals surface area contributed by atoms with Crippen molar-refractivity contribution in [2.24, 2.45) is 0 Å². The second kappa shape index (κ2) is 28.0.